The Morgan fingerprint density at radius 2 is 2.00 bits per heavy atom. The highest BCUT2D eigenvalue weighted by Crippen LogP contribution is 2.19. The van der Waals surface area contributed by atoms with Crippen molar-refractivity contribution >= 4 is 21.6 Å². The van der Waals surface area contributed by atoms with Gasteiger partial charge in [-0.3, -0.25) is 14.5 Å². The Morgan fingerprint density at radius 3 is 2.72 bits per heavy atom. The quantitative estimate of drug-likeness (QED) is 0.699. The predicted octanol–water partition coefficient (Wildman–Crippen LogP) is 1.96. The van der Waals surface area contributed by atoms with E-state index in [4.69, 9.17) is 4.74 Å². The van der Waals surface area contributed by atoms with Gasteiger partial charge in [0.05, 0.1) is 24.1 Å². The summed E-state index contributed by atoms with van der Waals surface area (Å²) in [6.07, 6.45) is 3.03. The maximum atomic E-state index is 12.7. The minimum atomic E-state index is -3.92. The molecule has 0 saturated heterocycles. The number of aromatic nitrogens is 1. The van der Waals surface area contributed by atoms with Crippen LogP contribution in [0.15, 0.2) is 47.6 Å². The molecule has 2 rings (SSSR count). The second-order valence-corrected chi connectivity index (χ2v) is 6.96. The molecular formula is C17H21N3O4S. The lowest BCUT2D eigenvalue weighted by Gasteiger charge is -2.12. The summed E-state index contributed by atoms with van der Waals surface area (Å²) >= 11 is 0. The number of ether oxygens (including phenoxy) is 1. The molecule has 0 aliphatic rings. The van der Waals surface area contributed by atoms with Gasteiger partial charge < -0.3 is 10.1 Å². The molecule has 0 atom stereocenters. The smallest absolute Gasteiger partial charge is 0.262 e. The number of benzene rings is 1. The number of nitrogens with one attached hydrogen (secondary N) is 2. The van der Waals surface area contributed by atoms with Crippen LogP contribution in [0.5, 0.6) is 0 Å². The topological polar surface area (TPSA) is 97.4 Å². The summed E-state index contributed by atoms with van der Waals surface area (Å²) in [5, 5.41) is 2.65. The van der Waals surface area contributed by atoms with Crippen molar-refractivity contribution in [2.75, 3.05) is 24.5 Å². The van der Waals surface area contributed by atoms with Gasteiger partial charge in [-0.25, -0.2) is 8.42 Å². The van der Waals surface area contributed by atoms with Gasteiger partial charge in [0.15, 0.2) is 0 Å². The zero-order valence-electron chi connectivity index (χ0n) is 14.2. The van der Waals surface area contributed by atoms with E-state index in [1.807, 2.05) is 13.8 Å². The van der Waals surface area contributed by atoms with Crippen molar-refractivity contribution in [1.29, 1.82) is 0 Å². The molecule has 0 fully saturated rings. The van der Waals surface area contributed by atoms with E-state index in [1.54, 1.807) is 24.4 Å². The van der Waals surface area contributed by atoms with Gasteiger partial charge in [-0.2, -0.15) is 0 Å². The van der Waals surface area contributed by atoms with Crippen molar-refractivity contribution in [1.82, 2.24) is 10.3 Å². The average Bonchev–Trinajstić information content (AvgIpc) is 2.58. The van der Waals surface area contributed by atoms with Crippen LogP contribution in [0.4, 0.5) is 5.69 Å². The molecule has 134 valence electrons. The lowest BCUT2D eigenvalue weighted by atomic mass is 10.2. The number of anilines is 1. The summed E-state index contributed by atoms with van der Waals surface area (Å²) < 4.78 is 32.9. The number of pyridine rings is 1. The maximum Gasteiger partial charge on any atom is 0.262 e. The molecular weight excluding hydrogens is 342 g/mol. The number of nitrogens with zero attached hydrogens (tertiary/aromatic N) is 1. The zero-order valence-corrected chi connectivity index (χ0v) is 15.0. The minimum absolute atomic E-state index is 0.0760. The largest absolute Gasteiger partial charge is 0.380 e. The van der Waals surface area contributed by atoms with Crippen molar-refractivity contribution in [2.45, 2.75) is 18.7 Å². The fourth-order valence-electron chi connectivity index (χ4n) is 2.19. The number of amides is 1. The predicted molar refractivity (Wildman–Crippen MR) is 95.1 cm³/mol. The Bertz CT molecular complexity index is 837. The molecule has 0 aliphatic carbocycles. The zero-order chi connectivity index (χ0) is 18.3. The Hall–Kier alpha value is -2.45. The molecule has 8 heteroatoms. The minimum Gasteiger partial charge on any atom is -0.380 e. The van der Waals surface area contributed by atoms with Crippen molar-refractivity contribution < 1.29 is 17.9 Å². The first-order chi connectivity index (χ1) is 11.9. The Kier molecular flexibility index (Phi) is 6.49. The molecule has 0 saturated carbocycles. The van der Waals surface area contributed by atoms with Crippen LogP contribution in [-0.2, 0) is 14.8 Å². The van der Waals surface area contributed by atoms with E-state index in [-0.39, 0.29) is 10.5 Å². The standard InChI is InChI=1S/C17H21N3O4S/c1-3-24-9-8-19-17(21)15-6-4-5-7-16(15)25(22,23)20-14-10-13(2)11-18-12-14/h4-7,10-12,20H,3,8-9H2,1-2H3,(H,19,21). The summed E-state index contributed by atoms with van der Waals surface area (Å²) in [5.41, 5.74) is 1.24. The summed E-state index contributed by atoms with van der Waals surface area (Å²) in [4.78, 5) is 16.2. The van der Waals surface area contributed by atoms with Crippen LogP contribution in [0.1, 0.15) is 22.8 Å². The summed E-state index contributed by atoms with van der Waals surface area (Å²) in [6, 6.07) is 7.71. The number of aryl methyl sites for hydroxylation is 1. The summed E-state index contributed by atoms with van der Waals surface area (Å²) in [7, 11) is -3.92. The van der Waals surface area contributed by atoms with Crippen molar-refractivity contribution in [2.24, 2.45) is 0 Å². The van der Waals surface area contributed by atoms with E-state index in [9.17, 15) is 13.2 Å². The molecule has 0 spiro atoms. The van der Waals surface area contributed by atoms with E-state index in [1.165, 1.54) is 18.3 Å². The molecule has 1 aromatic heterocycles. The monoisotopic (exact) mass is 363 g/mol. The van der Waals surface area contributed by atoms with E-state index >= 15 is 0 Å². The van der Waals surface area contributed by atoms with Gasteiger partial charge in [-0.15, -0.1) is 0 Å². The molecule has 0 bridgehead atoms. The Morgan fingerprint density at radius 1 is 1.24 bits per heavy atom. The first kappa shape index (κ1) is 18.9. The van der Waals surface area contributed by atoms with Crippen LogP contribution in [0.25, 0.3) is 0 Å². The van der Waals surface area contributed by atoms with E-state index < -0.39 is 15.9 Å². The number of hydrogen-bond acceptors (Lipinski definition) is 5. The van der Waals surface area contributed by atoms with Crippen LogP contribution in [-0.4, -0.2) is 39.1 Å². The summed E-state index contributed by atoms with van der Waals surface area (Å²) in [5.74, 6) is -0.469. The van der Waals surface area contributed by atoms with E-state index in [2.05, 4.69) is 15.0 Å². The molecule has 0 radical (unpaired) electrons. The molecule has 0 aliphatic heterocycles. The number of carbonyl (C=O) groups excluding carboxylic acids is 1. The highest BCUT2D eigenvalue weighted by molar-refractivity contribution is 7.92. The second-order valence-electron chi connectivity index (χ2n) is 5.31. The second kappa shape index (κ2) is 8.59. The molecule has 1 amide bonds. The third-order valence-electron chi connectivity index (χ3n) is 3.28. The third kappa shape index (κ3) is 5.27. The van der Waals surface area contributed by atoms with Gasteiger partial charge in [-0.05, 0) is 37.6 Å². The number of carbonyl (C=O) groups is 1. The van der Waals surface area contributed by atoms with Crippen LogP contribution < -0.4 is 10.0 Å². The van der Waals surface area contributed by atoms with Gasteiger partial charge in [0.25, 0.3) is 15.9 Å². The van der Waals surface area contributed by atoms with E-state index in [0.717, 1.165) is 5.56 Å². The van der Waals surface area contributed by atoms with Gasteiger partial charge in [0.1, 0.15) is 4.90 Å². The van der Waals surface area contributed by atoms with Crippen LogP contribution >= 0.6 is 0 Å². The van der Waals surface area contributed by atoms with Gasteiger partial charge >= 0.3 is 0 Å². The molecule has 25 heavy (non-hydrogen) atoms. The SMILES string of the molecule is CCOCCNC(=O)c1ccccc1S(=O)(=O)Nc1cncc(C)c1. The third-order valence-corrected chi connectivity index (χ3v) is 4.72. The van der Waals surface area contributed by atoms with Gasteiger partial charge in [0.2, 0.25) is 0 Å². The fraction of sp³-hybridized carbons (Fsp3) is 0.294. The number of hydrogen-bond donors (Lipinski definition) is 2. The first-order valence-corrected chi connectivity index (χ1v) is 9.32. The van der Waals surface area contributed by atoms with Crippen molar-refractivity contribution in [3.8, 4) is 0 Å². The first-order valence-electron chi connectivity index (χ1n) is 7.83. The van der Waals surface area contributed by atoms with Gasteiger partial charge in [0, 0.05) is 19.3 Å². The van der Waals surface area contributed by atoms with Crippen LogP contribution in [0, 0.1) is 6.92 Å². The maximum absolute atomic E-state index is 12.7. The molecule has 0 unspecified atom stereocenters. The van der Waals surface area contributed by atoms with Crippen LogP contribution in [0.2, 0.25) is 0 Å². The summed E-state index contributed by atoms with van der Waals surface area (Å²) in [6.45, 7) is 4.88. The van der Waals surface area contributed by atoms with Crippen LogP contribution in [0.3, 0.4) is 0 Å². The van der Waals surface area contributed by atoms with Crippen molar-refractivity contribution in [3.05, 3.63) is 53.9 Å². The molecule has 2 N–H and O–H groups in total. The van der Waals surface area contributed by atoms with Gasteiger partial charge in [-0.1, -0.05) is 12.1 Å². The van der Waals surface area contributed by atoms with Crippen molar-refractivity contribution in [3.63, 3.8) is 0 Å². The molecule has 7 nitrogen and oxygen atoms in total. The average molecular weight is 363 g/mol. The Labute approximate surface area is 147 Å². The fourth-order valence-corrected chi connectivity index (χ4v) is 3.43. The normalized spacial score (nSPS) is 11.1. The molecule has 1 aromatic carbocycles. The highest BCUT2D eigenvalue weighted by Gasteiger charge is 2.22. The van der Waals surface area contributed by atoms with E-state index in [0.29, 0.717) is 25.4 Å². The lowest BCUT2D eigenvalue weighted by molar-refractivity contribution is 0.0919. The number of sulfonamides is 1. The molecule has 1 heterocycles. The molecule has 2 aromatic rings. The lowest BCUT2D eigenvalue weighted by Crippen LogP contribution is -2.29. The Balaban J connectivity index is 2.22. The highest BCUT2D eigenvalue weighted by atomic mass is 32.2. The number of rotatable bonds is 8.